The van der Waals surface area contributed by atoms with Crippen molar-refractivity contribution < 1.29 is 19.2 Å². The van der Waals surface area contributed by atoms with Crippen LogP contribution in [0.25, 0.3) is 10.2 Å². The Kier molecular flexibility index (Phi) is 6.58. The van der Waals surface area contributed by atoms with E-state index in [9.17, 15) is 19.7 Å². The molecule has 3 aromatic rings. The fourth-order valence-electron chi connectivity index (χ4n) is 2.69. The number of nitrogens with zero attached hydrogens (tertiary/aromatic N) is 2. The van der Waals surface area contributed by atoms with Crippen molar-refractivity contribution in [1.82, 2.24) is 10.3 Å². The molecule has 9 nitrogen and oxygen atoms in total. The Morgan fingerprint density at radius 2 is 1.93 bits per heavy atom. The van der Waals surface area contributed by atoms with Gasteiger partial charge in [0.15, 0.2) is 5.13 Å². The molecule has 1 aromatic heterocycles. The number of nitro groups is 1. The minimum Gasteiger partial charge on any atom is -0.445 e. The van der Waals surface area contributed by atoms with E-state index in [0.29, 0.717) is 15.3 Å². The Morgan fingerprint density at radius 1 is 1.20 bits per heavy atom. The standard InChI is InChI=1S/C20H20N4O5S/c1-12(2)17(22-20(26)29-11-13-6-4-3-5-7-13)18(25)23-19-21-15-9-8-14(24(27)28)10-16(15)30-19/h3-10,12,17H,11H2,1-2H3,(H,22,26)(H,21,23,25). The average molecular weight is 428 g/mol. The van der Waals surface area contributed by atoms with Crippen molar-refractivity contribution in [2.45, 2.75) is 26.5 Å². The van der Waals surface area contributed by atoms with E-state index in [1.807, 2.05) is 30.3 Å². The highest BCUT2D eigenvalue weighted by molar-refractivity contribution is 7.22. The van der Waals surface area contributed by atoms with Gasteiger partial charge in [0, 0.05) is 12.1 Å². The number of anilines is 1. The van der Waals surface area contributed by atoms with Crippen LogP contribution in [0.4, 0.5) is 15.6 Å². The van der Waals surface area contributed by atoms with Crippen LogP contribution in [0.3, 0.4) is 0 Å². The first-order chi connectivity index (χ1) is 14.3. The summed E-state index contributed by atoms with van der Waals surface area (Å²) in [5.41, 5.74) is 1.32. The summed E-state index contributed by atoms with van der Waals surface area (Å²) in [5, 5.41) is 16.4. The molecule has 0 radical (unpaired) electrons. The first-order valence-electron chi connectivity index (χ1n) is 9.16. The molecule has 1 heterocycles. The predicted octanol–water partition coefficient (Wildman–Crippen LogP) is 4.09. The molecule has 30 heavy (non-hydrogen) atoms. The number of carbonyl (C=O) groups excluding carboxylic acids is 2. The molecular weight excluding hydrogens is 408 g/mol. The lowest BCUT2D eigenvalue weighted by molar-refractivity contribution is -0.384. The van der Waals surface area contributed by atoms with Crippen molar-refractivity contribution in [3.05, 3.63) is 64.2 Å². The summed E-state index contributed by atoms with van der Waals surface area (Å²) < 4.78 is 5.77. The minimum absolute atomic E-state index is 0.0492. The fourth-order valence-corrected chi connectivity index (χ4v) is 3.59. The number of thiazole rings is 1. The zero-order chi connectivity index (χ0) is 21.7. The van der Waals surface area contributed by atoms with Crippen LogP contribution in [0.5, 0.6) is 0 Å². The summed E-state index contributed by atoms with van der Waals surface area (Å²) in [4.78, 5) is 39.5. The Labute approximate surface area is 176 Å². The van der Waals surface area contributed by atoms with Gasteiger partial charge in [-0.2, -0.15) is 0 Å². The van der Waals surface area contributed by atoms with Crippen LogP contribution < -0.4 is 10.6 Å². The second-order valence-electron chi connectivity index (χ2n) is 6.85. The van der Waals surface area contributed by atoms with Crippen molar-refractivity contribution in [2.75, 3.05) is 5.32 Å². The number of hydrogen-bond acceptors (Lipinski definition) is 7. The van der Waals surface area contributed by atoms with Crippen LogP contribution in [-0.4, -0.2) is 27.9 Å². The van der Waals surface area contributed by atoms with Crippen LogP contribution in [0.2, 0.25) is 0 Å². The summed E-state index contributed by atoms with van der Waals surface area (Å²) in [6, 6.07) is 12.7. The number of amides is 2. The van der Waals surface area contributed by atoms with Gasteiger partial charge in [0.05, 0.1) is 15.1 Å². The lowest BCUT2D eigenvalue weighted by Crippen LogP contribution is -2.47. The molecule has 0 saturated carbocycles. The van der Waals surface area contributed by atoms with Crippen LogP contribution in [0, 0.1) is 16.0 Å². The second-order valence-corrected chi connectivity index (χ2v) is 7.88. The molecule has 2 aromatic carbocycles. The number of benzene rings is 2. The van der Waals surface area contributed by atoms with E-state index < -0.39 is 23.0 Å². The maximum absolute atomic E-state index is 12.7. The molecule has 0 bridgehead atoms. The number of rotatable bonds is 7. The first-order valence-corrected chi connectivity index (χ1v) is 9.98. The Balaban J connectivity index is 1.64. The van der Waals surface area contributed by atoms with Crippen LogP contribution >= 0.6 is 11.3 Å². The van der Waals surface area contributed by atoms with Crippen molar-refractivity contribution in [1.29, 1.82) is 0 Å². The van der Waals surface area contributed by atoms with Crippen LogP contribution in [0.15, 0.2) is 48.5 Å². The Morgan fingerprint density at radius 3 is 2.60 bits per heavy atom. The van der Waals surface area contributed by atoms with Crippen molar-refractivity contribution >= 4 is 44.4 Å². The van der Waals surface area contributed by atoms with Crippen molar-refractivity contribution in [3.63, 3.8) is 0 Å². The number of aromatic nitrogens is 1. The van der Waals surface area contributed by atoms with Gasteiger partial charge in [-0.25, -0.2) is 9.78 Å². The summed E-state index contributed by atoms with van der Waals surface area (Å²) in [6.45, 7) is 3.68. The second kappa shape index (κ2) is 9.31. The molecule has 2 amide bonds. The highest BCUT2D eigenvalue weighted by atomic mass is 32.1. The number of fused-ring (bicyclic) bond motifs is 1. The summed E-state index contributed by atoms with van der Waals surface area (Å²) in [6.07, 6.45) is -0.701. The van der Waals surface area contributed by atoms with Gasteiger partial charge in [0.25, 0.3) is 5.69 Å². The van der Waals surface area contributed by atoms with E-state index in [2.05, 4.69) is 15.6 Å². The largest absolute Gasteiger partial charge is 0.445 e. The molecule has 156 valence electrons. The van der Waals surface area contributed by atoms with Gasteiger partial charge in [-0.1, -0.05) is 55.5 Å². The molecule has 0 aliphatic heterocycles. The molecule has 0 aliphatic carbocycles. The van der Waals surface area contributed by atoms with Gasteiger partial charge >= 0.3 is 6.09 Å². The van der Waals surface area contributed by atoms with Crippen molar-refractivity contribution in [3.8, 4) is 0 Å². The van der Waals surface area contributed by atoms with E-state index in [1.54, 1.807) is 13.8 Å². The molecular formula is C20H20N4O5S. The topological polar surface area (TPSA) is 123 Å². The highest BCUT2D eigenvalue weighted by Crippen LogP contribution is 2.29. The molecule has 0 fully saturated rings. The fraction of sp³-hybridized carbons (Fsp3) is 0.250. The number of carbonyl (C=O) groups is 2. The predicted molar refractivity (Wildman–Crippen MR) is 113 cm³/mol. The van der Waals surface area contributed by atoms with E-state index in [0.717, 1.165) is 16.9 Å². The number of ether oxygens (including phenoxy) is 1. The highest BCUT2D eigenvalue weighted by Gasteiger charge is 2.26. The monoisotopic (exact) mass is 428 g/mol. The normalized spacial score (nSPS) is 11.8. The third kappa shape index (κ3) is 5.29. The van der Waals surface area contributed by atoms with E-state index in [-0.39, 0.29) is 18.2 Å². The van der Waals surface area contributed by atoms with E-state index >= 15 is 0 Å². The quantitative estimate of drug-likeness (QED) is 0.431. The maximum atomic E-state index is 12.7. The molecule has 10 heteroatoms. The van der Waals surface area contributed by atoms with Gasteiger partial charge in [0.2, 0.25) is 5.91 Å². The number of hydrogen-bond donors (Lipinski definition) is 2. The van der Waals surface area contributed by atoms with Crippen LogP contribution in [0.1, 0.15) is 19.4 Å². The van der Waals surface area contributed by atoms with Crippen LogP contribution in [-0.2, 0) is 16.1 Å². The third-order valence-electron chi connectivity index (χ3n) is 4.25. The average Bonchev–Trinajstić information content (AvgIpc) is 3.12. The van der Waals surface area contributed by atoms with Crippen molar-refractivity contribution in [2.24, 2.45) is 5.92 Å². The van der Waals surface area contributed by atoms with Gasteiger partial charge in [0.1, 0.15) is 12.6 Å². The Hall–Kier alpha value is -3.53. The lowest BCUT2D eigenvalue weighted by atomic mass is 10.0. The summed E-state index contributed by atoms with van der Waals surface area (Å²) in [7, 11) is 0. The van der Waals surface area contributed by atoms with Gasteiger partial charge < -0.3 is 15.4 Å². The molecule has 0 aliphatic rings. The zero-order valence-corrected chi connectivity index (χ0v) is 17.1. The molecule has 3 rings (SSSR count). The maximum Gasteiger partial charge on any atom is 0.408 e. The molecule has 0 spiro atoms. The van der Waals surface area contributed by atoms with Gasteiger partial charge in [-0.05, 0) is 17.5 Å². The number of nitro benzene ring substituents is 1. The minimum atomic E-state index is -0.838. The molecule has 0 saturated heterocycles. The van der Waals surface area contributed by atoms with E-state index in [1.165, 1.54) is 18.2 Å². The SMILES string of the molecule is CC(C)C(NC(=O)OCc1ccccc1)C(=O)Nc1nc2ccc([N+](=O)[O-])cc2s1. The zero-order valence-electron chi connectivity index (χ0n) is 16.3. The lowest BCUT2D eigenvalue weighted by Gasteiger charge is -2.20. The third-order valence-corrected chi connectivity index (χ3v) is 5.18. The summed E-state index contributed by atoms with van der Waals surface area (Å²) in [5.74, 6) is -0.653. The smallest absolute Gasteiger partial charge is 0.408 e. The Bertz CT molecular complexity index is 1070. The molecule has 1 unspecified atom stereocenters. The van der Waals surface area contributed by atoms with Gasteiger partial charge in [-0.3, -0.25) is 14.9 Å². The van der Waals surface area contributed by atoms with Gasteiger partial charge in [-0.15, -0.1) is 0 Å². The first kappa shape index (κ1) is 21.2. The van der Waals surface area contributed by atoms with E-state index in [4.69, 9.17) is 4.74 Å². The molecule has 2 N–H and O–H groups in total. The number of nitrogens with one attached hydrogen (secondary N) is 2. The summed E-state index contributed by atoms with van der Waals surface area (Å²) >= 11 is 1.12. The number of alkyl carbamates (subject to hydrolysis) is 1. The molecule has 1 atom stereocenters. The number of non-ortho nitro benzene ring substituents is 1.